The lowest BCUT2D eigenvalue weighted by atomic mass is 9.55. The number of ether oxygens (including phenoxy) is 4. The molecule has 0 bridgehead atoms. The Labute approximate surface area is 172 Å². The molecule has 5 rings (SSSR count). The van der Waals surface area contributed by atoms with Crippen LogP contribution >= 0.6 is 0 Å². The molecule has 0 radical (unpaired) electrons. The second-order valence-corrected chi connectivity index (χ2v) is 8.58. The zero-order valence-corrected chi connectivity index (χ0v) is 17.0. The molecule has 30 heavy (non-hydrogen) atoms. The fourth-order valence-electron chi connectivity index (χ4n) is 5.66. The number of methoxy groups -OCH3 is 2. The molecule has 4 aliphatic rings. The van der Waals surface area contributed by atoms with Crippen molar-refractivity contribution in [2.45, 2.75) is 61.2 Å². The van der Waals surface area contributed by atoms with Gasteiger partial charge in [0.2, 0.25) is 5.78 Å². The van der Waals surface area contributed by atoms with Gasteiger partial charge < -0.3 is 34.3 Å². The molecule has 2 aliphatic heterocycles. The van der Waals surface area contributed by atoms with Crippen molar-refractivity contribution >= 4 is 11.6 Å². The third-order valence-electron chi connectivity index (χ3n) is 7.40. The molecule has 1 aromatic carbocycles. The number of aliphatic hydroxyl groups excluding tert-OH is 2. The number of epoxide rings is 2. The first-order chi connectivity index (χ1) is 14.1. The van der Waals surface area contributed by atoms with Crippen LogP contribution in [0, 0.1) is 5.92 Å². The van der Waals surface area contributed by atoms with Gasteiger partial charge in [-0.1, -0.05) is 19.1 Å². The smallest absolute Gasteiger partial charge is 0.201 e. The van der Waals surface area contributed by atoms with Crippen molar-refractivity contribution in [2.24, 2.45) is 5.92 Å². The molecule has 2 aliphatic carbocycles. The molecule has 3 N–H and O–H groups in total. The summed E-state index contributed by atoms with van der Waals surface area (Å²) in [6.07, 6.45) is -5.79. The molecule has 3 fully saturated rings. The van der Waals surface area contributed by atoms with Gasteiger partial charge in [0.15, 0.2) is 22.6 Å². The van der Waals surface area contributed by atoms with Crippen LogP contribution in [-0.2, 0) is 19.0 Å². The topological polar surface area (TPSA) is 138 Å². The van der Waals surface area contributed by atoms with Gasteiger partial charge in [-0.2, -0.15) is 0 Å². The van der Waals surface area contributed by atoms with Crippen LogP contribution < -0.4 is 4.74 Å². The quantitative estimate of drug-likeness (QED) is 0.553. The Morgan fingerprint density at radius 1 is 1.20 bits per heavy atom. The molecular weight excluding hydrogens is 396 g/mol. The van der Waals surface area contributed by atoms with Crippen molar-refractivity contribution in [1.82, 2.24) is 0 Å². The fourth-order valence-corrected chi connectivity index (χ4v) is 5.66. The minimum Gasteiger partial charge on any atom is -0.496 e. The third-order valence-corrected chi connectivity index (χ3v) is 7.40. The number of carbonyl (C=O) groups excluding carboxylic acids is 2. The number of benzene rings is 1. The Morgan fingerprint density at radius 3 is 2.43 bits per heavy atom. The molecule has 9 nitrogen and oxygen atoms in total. The first-order valence-corrected chi connectivity index (χ1v) is 9.87. The molecule has 9 atom stereocenters. The van der Waals surface area contributed by atoms with Crippen LogP contribution in [0.4, 0.5) is 0 Å². The standard InChI is InChI=1S/C21H24O9/c1-8-14(22)20-15(23)10-6-5-7-11(27-3)12(10)17(28-4)21(20,30-20)18(25)19(8,26)16(24)13-9(2)29-13/h5-9,13-14,17-18,22,25-26H,1-4H3/t8-,9-,13-,14?,17-,18-,19+,20?,21+/m0/s1. The average Bonchev–Trinajstić information content (AvgIpc) is 3.65. The van der Waals surface area contributed by atoms with E-state index in [2.05, 4.69) is 0 Å². The molecule has 2 heterocycles. The van der Waals surface area contributed by atoms with E-state index in [1.165, 1.54) is 21.1 Å². The lowest BCUT2D eigenvalue weighted by Crippen LogP contribution is -2.74. The minimum absolute atomic E-state index is 0.240. The van der Waals surface area contributed by atoms with Crippen LogP contribution in [0.1, 0.15) is 35.9 Å². The number of ketones is 2. The zero-order valence-electron chi connectivity index (χ0n) is 17.0. The first kappa shape index (κ1) is 20.0. The number of hydrogen-bond acceptors (Lipinski definition) is 9. The first-order valence-electron chi connectivity index (χ1n) is 9.87. The van der Waals surface area contributed by atoms with Gasteiger partial charge in [0, 0.05) is 24.2 Å². The number of carbonyl (C=O) groups is 2. The molecule has 0 spiro atoms. The molecule has 0 aromatic heterocycles. The number of rotatable bonds is 4. The molecule has 2 saturated heterocycles. The van der Waals surface area contributed by atoms with Crippen molar-refractivity contribution in [2.75, 3.05) is 14.2 Å². The second kappa shape index (κ2) is 5.87. The normalized spacial score (nSPS) is 48.3. The molecular formula is C21H24O9. The summed E-state index contributed by atoms with van der Waals surface area (Å²) in [5.41, 5.74) is -5.51. The van der Waals surface area contributed by atoms with E-state index < -0.39 is 64.8 Å². The van der Waals surface area contributed by atoms with Crippen LogP contribution in [0.15, 0.2) is 18.2 Å². The predicted octanol–water partition coefficient (Wildman–Crippen LogP) is -0.454. The predicted molar refractivity (Wildman–Crippen MR) is 99.1 cm³/mol. The van der Waals surface area contributed by atoms with Crippen molar-refractivity contribution in [3.63, 3.8) is 0 Å². The largest absolute Gasteiger partial charge is 0.496 e. The average molecular weight is 420 g/mol. The number of aliphatic hydroxyl groups is 3. The lowest BCUT2D eigenvalue weighted by molar-refractivity contribution is -0.200. The van der Waals surface area contributed by atoms with Gasteiger partial charge >= 0.3 is 0 Å². The Morgan fingerprint density at radius 2 is 1.87 bits per heavy atom. The summed E-state index contributed by atoms with van der Waals surface area (Å²) >= 11 is 0. The highest BCUT2D eigenvalue weighted by Crippen LogP contribution is 2.71. The number of Topliss-reactive ketones (excluding diaryl/α,β-unsaturated/α-hetero) is 2. The fraction of sp³-hybridized carbons (Fsp3) is 0.619. The van der Waals surface area contributed by atoms with Gasteiger partial charge in [0.05, 0.1) is 19.3 Å². The summed E-state index contributed by atoms with van der Waals surface area (Å²) < 4.78 is 22.2. The third kappa shape index (κ3) is 1.90. The molecule has 162 valence electrons. The van der Waals surface area contributed by atoms with Gasteiger partial charge in [-0.05, 0) is 13.0 Å². The van der Waals surface area contributed by atoms with Crippen LogP contribution in [-0.4, -0.2) is 82.3 Å². The Bertz CT molecular complexity index is 962. The van der Waals surface area contributed by atoms with E-state index in [0.717, 1.165) is 0 Å². The van der Waals surface area contributed by atoms with Gasteiger partial charge in [0.25, 0.3) is 0 Å². The summed E-state index contributed by atoms with van der Waals surface area (Å²) in [4.78, 5) is 26.6. The van der Waals surface area contributed by atoms with Gasteiger partial charge in [-0.3, -0.25) is 9.59 Å². The van der Waals surface area contributed by atoms with E-state index in [1.54, 1.807) is 25.1 Å². The highest BCUT2D eigenvalue weighted by molar-refractivity contribution is 6.11. The Balaban J connectivity index is 1.72. The molecule has 1 aromatic rings. The van der Waals surface area contributed by atoms with E-state index >= 15 is 0 Å². The highest BCUT2D eigenvalue weighted by Gasteiger charge is 2.92. The summed E-state index contributed by atoms with van der Waals surface area (Å²) in [6, 6.07) is 4.84. The van der Waals surface area contributed by atoms with E-state index in [9.17, 15) is 24.9 Å². The van der Waals surface area contributed by atoms with Crippen LogP contribution in [0.3, 0.4) is 0 Å². The number of hydrogen-bond donors (Lipinski definition) is 3. The van der Waals surface area contributed by atoms with Crippen molar-refractivity contribution < 1.29 is 43.9 Å². The SMILES string of the molecule is COc1cccc2c1[C@H](OC)[C@]13OC1(C2=O)C(O)[C@H](C)[C@@](O)(C(=O)[C@H]1O[C@H]1C)[C@@H]3O. The van der Waals surface area contributed by atoms with E-state index in [0.29, 0.717) is 11.3 Å². The Kier molecular flexibility index (Phi) is 3.93. The van der Waals surface area contributed by atoms with Gasteiger partial charge in [0.1, 0.15) is 24.1 Å². The minimum atomic E-state index is -2.40. The lowest BCUT2D eigenvalue weighted by Gasteiger charge is -2.50. The summed E-state index contributed by atoms with van der Waals surface area (Å²) in [6.45, 7) is 3.08. The maximum Gasteiger partial charge on any atom is 0.201 e. The van der Waals surface area contributed by atoms with Crippen molar-refractivity contribution in [3.05, 3.63) is 29.3 Å². The second-order valence-electron chi connectivity index (χ2n) is 8.58. The van der Waals surface area contributed by atoms with Gasteiger partial charge in [-0.25, -0.2) is 0 Å². The zero-order chi connectivity index (χ0) is 21.8. The molecule has 0 amide bonds. The van der Waals surface area contributed by atoms with Crippen molar-refractivity contribution in [1.29, 1.82) is 0 Å². The summed E-state index contributed by atoms with van der Waals surface area (Å²) in [7, 11) is 2.79. The van der Waals surface area contributed by atoms with E-state index in [4.69, 9.17) is 18.9 Å². The Hall–Kier alpha value is -1.88. The van der Waals surface area contributed by atoms with Crippen molar-refractivity contribution in [3.8, 4) is 5.75 Å². The van der Waals surface area contributed by atoms with Crippen LogP contribution in [0.2, 0.25) is 0 Å². The monoisotopic (exact) mass is 420 g/mol. The summed E-state index contributed by atoms with van der Waals surface area (Å²) in [5, 5.41) is 34.1. The van der Waals surface area contributed by atoms with Crippen LogP contribution in [0.5, 0.6) is 5.75 Å². The molecule has 1 saturated carbocycles. The molecule has 2 unspecified atom stereocenters. The van der Waals surface area contributed by atoms with Crippen LogP contribution in [0.25, 0.3) is 0 Å². The highest BCUT2D eigenvalue weighted by atomic mass is 16.7. The summed E-state index contributed by atoms with van der Waals surface area (Å²) in [5.74, 6) is -2.16. The van der Waals surface area contributed by atoms with E-state index in [-0.39, 0.29) is 5.56 Å². The molecule has 9 heteroatoms. The maximum absolute atomic E-state index is 13.5. The van der Waals surface area contributed by atoms with E-state index in [1.807, 2.05) is 0 Å². The number of fused-ring (bicyclic) bond motifs is 1. The van der Waals surface area contributed by atoms with Gasteiger partial charge in [-0.15, -0.1) is 0 Å². The maximum atomic E-state index is 13.5.